The Morgan fingerprint density at radius 3 is 2.56 bits per heavy atom. The first-order valence-corrected chi connectivity index (χ1v) is 12.6. The minimum absolute atomic E-state index is 0.0769. The summed E-state index contributed by atoms with van der Waals surface area (Å²) in [6.07, 6.45) is 9.05. The van der Waals surface area contributed by atoms with E-state index in [1.807, 2.05) is 6.08 Å². The Bertz CT molecular complexity index is 898. The number of aliphatic hydroxyl groups excluding tert-OH is 1. The number of carbonyl (C=O) groups excluding carboxylic acids is 3. The molecule has 0 bridgehead atoms. The number of aliphatic carboxylic acids is 1. The molecule has 4 rings (SSSR count). The molecule has 0 spiro atoms. The van der Waals surface area contributed by atoms with Crippen LogP contribution in [0, 0.1) is 28.6 Å². The number of carbonyl (C=O) groups is 4. The second-order valence-corrected chi connectivity index (χ2v) is 11.2. The van der Waals surface area contributed by atoms with Crippen LogP contribution in [0.1, 0.15) is 78.1 Å². The average molecular weight is 476 g/mol. The van der Waals surface area contributed by atoms with Gasteiger partial charge in [-0.15, -0.1) is 0 Å². The molecule has 0 unspecified atom stereocenters. The second-order valence-electron chi connectivity index (χ2n) is 11.2. The number of ketones is 1. The van der Waals surface area contributed by atoms with E-state index in [2.05, 4.69) is 19.2 Å². The van der Waals surface area contributed by atoms with Crippen molar-refractivity contribution in [1.82, 2.24) is 5.32 Å². The zero-order valence-corrected chi connectivity index (χ0v) is 20.2. The smallest absolute Gasteiger partial charge is 0.328 e. The number of rotatable bonds is 7. The van der Waals surface area contributed by atoms with Crippen molar-refractivity contribution in [2.24, 2.45) is 28.6 Å². The maximum absolute atomic E-state index is 12.6. The van der Waals surface area contributed by atoms with Crippen molar-refractivity contribution in [3.8, 4) is 0 Å². The van der Waals surface area contributed by atoms with Gasteiger partial charge in [0.25, 0.3) is 0 Å². The molecule has 8 nitrogen and oxygen atoms in total. The lowest BCUT2D eigenvalue weighted by atomic mass is 9.47. The number of hydrogen-bond donors (Lipinski definition) is 3. The normalized spacial score (nSPS) is 37.5. The number of ether oxygens (including phenoxy) is 1. The largest absolute Gasteiger partial charge is 0.480 e. The Kier molecular flexibility index (Phi) is 6.91. The molecule has 3 saturated carbocycles. The van der Waals surface area contributed by atoms with Gasteiger partial charge in [-0.3, -0.25) is 14.4 Å². The van der Waals surface area contributed by atoms with E-state index < -0.39 is 30.5 Å². The van der Waals surface area contributed by atoms with Gasteiger partial charge in [0, 0.05) is 18.3 Å². The highest BCUT2D eigenvalue weighted by Gasteiger charge is 2.59. The lowest BCUT2D eigenvalue weighted by Crippen LogP contribution is -2.51. The lowest BCUT2D eigenvalue weighted by molar-refractivity contribution is -0.160. The molecule has 0 radical (unpaired) electrons. The fraction of sp³-hybridized carbons (Fsp3) is 0.769. The van der Waals surface area contributed by atoms with Crippen molar-refractivity contribution < 1.29 is 34.1 Å². The zero-order valence-electron chi connectivity index (χ0n) is 20.2. The van der Waals surface area contributed by atoms with Crippen molar-refractivity contribution in [2.45, 2.75) is 90.2 Å². The van der Waals surface area contributed by atoms with Gasteiger partial charge in [-0.1, -0.05) is 19.4 Å². The molecule has 0 aromatic rings. The van der Waals surface area contributed by atoms with E-state index in [1.54, 1.807) is 0 Å². The summed E-state index contributed by atoms with van der Waals surface area (Å²) in [5, 5.41) is 20.1. The molecule has 7 atom stereocenters. The van der Waals surface area contributed by atoms with Crippen LogP contribution in [0.2, 0.25) is 0 Å². The Balaban J connectivity index is 1.35. The predicted molar refractivity (Wildman–Crippen MR) is 122 cm³/mol. The molecule has 0 heterocycles. The number of amides is 1. The molecule has 0 aromatic carbocycles. The van der Waals surface area contributed by atoms with Gasteiger partial charge in [0.05, 0.1) is 13.0 Å². The summed E-state index contributed by atoms with van der Waals surface area (Å²) in [5.74, 6) is -0.447. The molecule has 4 aliphatic rings. The van der Waals surface area contributed by atoms with Crippen LogP contribution in [0.3, 0.4) is 0 Å². The first-order valence-electron chi connectivity index (χ1n) is 12.6. The van der Waals surface area contributed by atoms with Crippen LogP contribution in [0.5, 0.6) is 0 Å². The number of nitrogens with one attached hydrogen (secondary N) is 1. The highest BCUT2D eigenvalue weighted by Crippen LogP contribution is 2.65. The van der Waals surface area contributed by atoms with Gasteiger partial charge in [-0.05, 0) is 74.2 Å². The third-order valence-corrected chi connectivity index (χ3v) is 9.52. The number of carboxylic acids is 1. The second kappa shape index (κ2) is 9.44. The van der Waals surface area contributed by atoms with E-state index >= 15 is 0 Å². The monoisotopic (exact) mass is 475 g/mol. The van der Waals surface area contributed by atoms with Crippen molar-refractivity contribution in [1.29, 1.82) is 0 Å². The maximum atomic E-state index is 12.6. The van der Waals surface area contributed by atoms with Crippen molar-refractivity contribution in [3.05, 3.63) is 11.6 Å². The van der Waals surface area contributed by atoms with Gasteiger partial charge >= 0.3 is 11.9 Å². The van der Waals surface area contributed by atoms with E-state index in [-0.39, 0.29) is 35.6 Å². The Morgan fingerprint density at radius 1 is 1.09 bits per heavy atom. The molecule has 188 valence electrons. The number of fused-ring (bicyclic) bond motifs is 5. The predicted octanol–water partition coefficient (Wildman–Crippen LogP) is 2.77. The average Bonchev–Trinajstić information content (AvgIpc) is 3.12. The molecule has 34 heavy (non-hydrogen) atoms. The fourth-order valence-electron chi connectivity index (χ4n) is 7.59. The van der Waals surface area contributed by atoms with E-state index in [1.165, 1.54) is 5.57 Å². The molecular formula is C26H37NO7. The number of hydrogen-bond acceptors (Lipinski definition) is 6. The number of allylic oxidation sites excluding steroid dienone is 1. The summed E-state index contributed by atoms with van der Waals surface area (Å²) in [6, 6.07) is -1.37. The van der Waals surface area contributed by atoms with Crippen LogP contribution < -0.4 is 5.32 Å². The van der Waals surface area contributed by atoms with Crippen molar-refractivity contribution in [2.75, 3.05) is 6.61 Å². The van der Waals surface area contributed by atoms with Gasteiger partial charge < -0.3 is 20.3 Å². The lowest BCUT2D eigenvalue weighted by Gasteiger charge is -2.57. The van der Waals surface area contributed by atoms with Gasteiger partial charge in [0.1, 0.15) is 12.1 Å². The van der Waals surface area contributed by atoms with Crippen LogP contribution >= 0.6 is 0 Å². The first-order chi connectivity index (χ1) is 16.1. The highest BCUT2D eigenvalue weighted by molar-refractivity contribution is 5.91. The van der Waals surface area contributed by atoms with Gasteiger partial charge in [-0.25, -0.2) is 4.79 Å². The molecule has 8 heteroatoms. The van der Waals surface area contributed by atoms with Crippen molar-refractivity contribution in [3.63, 3.8) is 0 Å². The third kappa shape index (κ3) is 4.41. The quantitative estimate of drug-likeness (QED) is 0.483. The van der Waals surface area contributed by atoms with E-state index in [4.69, 9.17) is 14.9 Å². The summed E-state index contributed by atoms with van der Waals surface area (Å²) in [5.41, 5.74) is 1.38. The van der Waals surface area contributed by atoms with E-state index in [0.29, 0.717) is 24.2 Å². The molecule has 4 aliphatic carbocycles. The molecule has 1 amide bonds. The van der Waals surface area contributed by atoms with Crippen LogP contribution in [0.25, 0.3) is 0 Å². The van der Waals surface area contributed by atoms with Crippen LogP contribution in [-0.4, -0.2) is 52.6 Å². The molecule has 0 aromatic heterocycles. The van der Waals surface area contributed by atoms with Crippen LogP contribution in [0.15, 0.2) is 11.6 Å². The fourth-order valence-corrected chi connectivity index (χ4v) is 7.59. The summed E-state index contributed by atoms with van der Waals surface area (Å²) >= 11 is 0. The molecule has 0 saturated heterocycles. The van der Waals surface area contributed by atoms with Crippen LogP contribution in [-0.2, 0) is 23.9 Å². The zero-order chi connectivity index (χ0) is 24.7. The highest BCUT2D eigenvalue weighted by atomic mass is 16.5. The summed E-state index contributed by atoms with van der Waals surface area (Å²) < 4.78 is 5.90. The number of carboxylic acid groups (broad SMARTS) is 1. The summed E-state index contributed by atoms with van der Waals surface area (Å²) in [6.45, 7) is 3.90. The van der Waals surface area contributed by atoms with Crippen LogP contribution in [0.4, 0.5) is 0 Å². The Labute approximate surface area is 200 Å². The number of aliphatic hydroxyl groups is 1. The van der Waals surface area contributed by atoms with Crippen molar-refractivity contribution >= 4 is 23.6 Å². The standard InChI is InChI=1S/C26H37NO7/c1-25-11-9-16(29)13-15(25)3-4-17-18-5-6-21(26(18,2)12-10-19(17)25)34-23(31)8-7-22(30)27-20(14-28)24(32)33/h13,17-21,28H,3-12,14H2,1-2H3,(H,27,30)(H,32,33)/t17-,18+,19+,20+,21+,25+,26+/m1/s1. The van der Waals surface area contributed by atoms with Gasteiger partial charge in [-0.2, -0.15) is 0 Å². The van der Waals surface area contributed by atoms with Gasteiger partial charge in [0.2, 0.25) is 5.91 Å². The molecule has 3 N–H and O–H groups in total. The maximum Gasteiger partial charge on any atom is 0.328 e. The molecule has 0 aliphatic heterocycles. The van der Waals surface area contributed by atoms with E-state index in [9.17, 15) is 19.2 Å². The Hall–Kier alpha value is -2.22. The first kappa shape index (κ1) is 24.9. The van der Waals surface area contributed by atoms with E-state index in [0.717, 1.165) is 44.9 Å². The number of esters is 1. The third-order valence-electron chi connectivity index (χ3n) is 9.52. The minimum Gasteiger partial charge on any atom is -0.480 e. The minimum atomic E-state index is -1.37. The Morgan fingerprint density at radius 2 is 1.85 bits per heavy atom. The topological polar surface area (TPSA) is 130 Å². The molecule has 3 fully saturated rings. The van der Waals surface area contributed by atoms with Gasteiger partial charge in [0.15, 0.2) is 5.78 Å². The SMILES string of the molecule is C[C@]12CC[C@H]3[C@H](CCC4=CC(=O)CC[C@@]43C)[C@@H]1CC[C@@H]2OC(=O)CCC(=O)N[C@@H](CO)C(=O)O. The summed E-state index contributed by atoms with van der Waals surface area (Å²) in [4.78, 5) is 47.4. The molecular weight excluding hydrogens is 438 g/mol. The summed E-state index contributed by atoms with van der Waals surface area (Å²) in [7, 11) is 0.